The van der Waals surface area contributed by atoms with Gasteiger partial charge in [-0.05, 0) is 48.3 Å². The highest BCUT2D eigenvalue weighted by atomic mass is 16.7. The Kier molecular flexibility index (Phi) is 14.4. The summed E-state index contributed by atoms with van der Waals surface area (Å²) < 4.78 is 36.0. The SMILES string of the molecule is CCCOC(=O)OC(C)CN[C@@H](Cc1ccc(OC(=O)OCC(C)(C)C)c(OC(=O)OCC(C)(C)C)c1)C(=O)OC. The van der Waals surface area contributed by atoms with E-state index < -0.39 is 36.6 Å². The largest absolute Gasteiger partial charge is 0.513 e. The first-order valence-corrected chi connectivity index (χ1v) is 13.5. The minimum atomic E-state index is -0.992. The third-order valence-corrected chi connectivity index (χ3v) is 4.94. The Morgan fingerprint density at radius 3 is 1.90 bits per heavy atom. The molecule has 1 aromatic carbocycles. The average Bonchev–Trinajstić information content (AvgIpc) is 2.87. The van der Waals surface area contributed by atoms with Crippen molar-refractivity contribution in [2.75, 3.05) is 33.5 Å². The molecule has 0 bridgehead atoms. The summed E-state index contributed by atoms with van der Waals surface area (Å²) in [6.07, 6.45) is -2.60. The predicted molar refractivity (Wildman–Crippen MR) is 149 cm³/mol. The molecule has 0 aliphatic carbocycles. The third-order valence-electron chi connectivity index (χ3n) is 4.94. The Balaban J connectivity index is 3.08. The van der Waals surface area contributed by atoms with Crippen molar-refractivity contribution in [2.24, 2.45) is 10.8 Å². The summed E-state index contributed by atoms with van der Waals surface area (Å²) in [7, 11) is 1.25. The molecule has 0 amide bonds. The van der Waals surface area contributed by atoms with Gasteiger partial charge < -0.3 is 38.5 Å². The van der Waals surface area contributed by atoms with Crippen molar-refractivity contribution in [2.45, 2.75) is 80.4 Å². The molecule has 41 heavy (non-hydrogen) atoms. The van der Waals surface area contributed by atoms with Crippen molar-refractivity contribution in [1.82, 2.24) is 5.32 Å². The molecule has 1 N–H and O–H groups in total. The highest BCUT2D eigenvalue weighted by Gasteiger charge is 2.24. The van der Waals surface area contributed by atoms with Crippen molar-refractivity contribution in [3.05, 3.63) is 23.8 Å². The van der Waals surface area contributed by atoms with Crippen LogP contribution >= 0.6 is 0 Å². The summed E-state index contributed by atoms with van der Waals surface area (Å²) in [5.74, 6) is -0.743. The molecule has 12 heteroatoms. The van der Waals surface area contributed by atoms with Gasteiger partial charge in [-0.25, -0.2) is 14.4 Å². The van der Waals surface area contributed by atoms with Gasteiger partial charge in [-0.2, -0.15) is 0 Å². The van der Waals surface area contributed by atoms with Crippen LogP contribution in [0.5, 0.6) is 11.5 Å². The first-order chi connectivity index (χ1) is 19.0. The minimum Gasteiger partial charge on any atom is -0.468 e. The topological polar surface area (TPSA) is 145 Å². The maximum Gasteiger partial charge on any atom is 0.513 e. The molecule has 0 heterocycles. The normalized spacial score (nSPS) is 12.9. The number of benzene rings is 1. The zero-order valence-electron chi connectivity index (χ0n) is 25.6. The molecule has 12 nitrogen and oxygen atoms in total. The van der Waals surface area contributed by atoms with E-state index in [0.29, 0.717) is 12.0 Å². The van der Waals surface area contributed by atoms with Crippen LogP contribution in [0.15, 0.2) is 18.2 Å². The van der Waals surface area contributed by atoms with Crippen LogP contribution in [0.4, 0.5) is 14.4 Å². The van der Waals surface area contributed by atoms with Crippen LogP contribution in [0.1, 0.15) is 67.4 Å². The summed E-state index contributed by atoms with van der Waals surface area (Å²) in [6.45, 7) is 15.4. The number of hydrogen-bond donors (Lipinski definition) is 1. The maximum atomic E-state index is 12.5. The van der Waals surface area contributed by atoms with Gasteiger partial charge in [-0.3, -0.25) is 4.79 Å². The Hall–Kier alpha value is -3.54. The maximum absolute atomic E-state index is 12.5. The fourth-order valence-electron chi connectivity index (χ4n) is 2.98. The number of carbonyl (C=O) groups excluding carboxylic acids is 4. The summed E-state index contributed by atoms with van der Waals surface area (Å²) in [4.78, 5) is 48.9. The van der Waals surface area contributed by atoms with E-state index in [0.717, 1.165) is 0 Å². The van der Waals surface area contributed by atoms with E-state index in [1.165, 1.54) is 19.2 Å². The molecule has 1 unspecified atom stereocenters. The van der Waals surface area contributed by atoms with E-state index in [-0.39, 0.29) is 55.1 Å². The van der Waals surface area contributed by atoms with Gasteiger partial charge in [0.05, 0.1) is 26.9 Å². The lowest BCUT2D eigenvalue weighted by Crippen LogP contribution is -2.43. The number of carbonyl (C=O) groups is 4. The second-order valence-electron chi connectivity index (χ2n) is 11.9. The third kappa shape index (κ3) is 15.7. The Morgan fingerprint density at radius 1 is 0.829 bits per heavy atom. The number of rotatable bonds is 13. The van der Waals surface area contributed by atoms with E-state index in [2.05, 4.69) is 5.32 Å². The lowest BCUT2D eigenvalue weighted by molar-refractivity contribution is -0.143. The molecule has 0 radical (unpaired) electrons. The van der Waals surface area contributed by atoms with Crippen molar-refractivity contribution in [1.29, 1.82) is 0 Å². The molecule has 0 saturated heterocycles. The Morgan fingerprint density at radius 2 is 1.39 bits per heavy atom. The molecular weight excluding hydrogens is 538 g/mol. The standard InChI is InChI=1S/C29H45NO11/c1-10-13-36-25(32)39-19(2)16-30-21(24(31)35-9)14-20-11-12-22(40-26(33)37-17-28(3,4)5)23(15-20)41-27(34)38-18-29(6,7)8/h11-12,15,19,21,30H,10,13-14,16-18H2,1-9H3/t19?,21-/m0/s1. The number of ether oxygens (including phenoxy) is 7. The van der Waals surface area contributed by atoms with Crippen LogP contribution in [-0.4, -0.2) is 70.1 Å². The highest BCUT2D eigenvalue weighted by Crippen LogP contribution is 2.30. The Labute approximate surface area is 242 Å². The van der Waals surface area contributed by atoms with Gasteiger partial charge in [0.15, 0.2) is 11.5 Å². The van der Waals surface area contributed by atoms with Gasteiger partial charge in [0.25, 0.3) is 0 Å². The highest BCUT2D eigenvalue weighted by molar-refractivity contribution is 5.76. The first-order valence-electron chi connectivity index (χ1n) is 13.5. The number of hydrogen-bond acceptors (Lipinski definition) is 12. The molecule has 0 saturated carbocycles. The van der Waals surface area contributed by atoms with E-state index in [1.54, 1.807) is 13.0 Å². The van der Waals surface area contributed by atoms with Crippen LogP contribution < -0.4 is 14.8 Å². The Bertz CT molecular complexity index is 1010. The van der Waals surface area contributed by atoms with E-state index in [4.69, 9.17) is 33.2 Å². The fourth-order valence-corrected chi connectivity index (χ4v) is 2.98. The number of nitrogens with one attached hydrogen (secondary N) is 1. The second-order valence-corrected chi connectivity index (χ2v) is 11.9. The smallest absolute Gasteiger partial charge is 0.468 e. The lowest BCUT2D eigenvalue weighted by atomic mass is 9.99. The van der Waals surface area contributed by atoms with Gasteiger partial charge in [0.2, 0.25) is 0 Å². The lowest BCUT2D eigenvalue weighted by Gasteiger charge is -2.21. The first kappa shape index (κ1) is 35.5. The van der Waals surface area contributed by atoms with Crippen molar-refractivity contribution in [3.63, 3.8) is 0 Å². The summed E-state index contributed by atoms with van der Waals surface area (Å²) in [5.41, 5.74) is -0.0464. The van der Waals surface area contributed by atoms with Gasteiger partial charge in [0.1, 0.15) is 12.1 Å². The van der Waals surface area contributed by atoms with Crippen molar-refractivity contribution < 1.29 is 52.3 Å². The zero-order chi connectivity index (χ0) is 31.2. The van der Waals surface area contributed by atoms with Crippen LogP contribution in [0.2, 0.25) is 0 Å². The molecule has 2 atom stereocenters. The zero-order valence-corrected chi connectivity index (χ0v) is 25.6. The monoisotopic (exact) mass is 583 g/mol. The second kappa shape index (κ2) is 16.7. The van der Waals surface area contributed by atoms with Crippen LogP contribution in [0, 0.1) is 10.8 Å². The summed E-state index contributed by atoms with van der Waals surface area (Å²) in [6, 6.07) is 3.62. The quantitative estimate of drug-likeness (QED) is 0.179. The molecule has 232 valence electrons. The minimum absolute atomic E-state index is 0.0736. The molecule has 0 fully saturated rings. The molecule has 1 aromatic rings. The molecule has 0 aliphatic heterocycles. The molecule has 1 rings (SSSR count). The fraction of sp³-hybridized carbons (Fsp3) is 0.655. The number of methoxy groups -OCH3 is 1. The molecular formula is C29H45NO11. The summed E-state index contributed by atoms with van der Waals surface area (Å²) >= 11 is 0. The predicted octanol–water partition coefficient (Wildman–Crippen LogP) is 5.44. The van der Waals surface area contributed by atoms with Gasteiger partial charge in [-0.15, -0.1) is 0 Å². The van der Waals surface area contributed by atoms with Crippen molar-refractivity contribution >= 4 is 24.4 Å². The van der Waals surface area contributed by atoms with E-state index in [9.17, 15) is 19.2 Å². The average molecular weight is 584 g/mol. The number of esters is 1. The van der Waals surface area contributed by atoms with E-state index >= 15 is 0 Å². The van der Waals surface area contributed by atoms with Crippen molar-refractivity contribution in [3.8, 4) is 11.5 Å². The van der Waals surface area contributed by atoms with Gasteiger partial charge >= 0.3 is 24.4 Å². The van der Waals surface area contributed by atoms with E-state index in [1.807, 2.05) is 48.5 Å². The van der Waals surface area contributed by atoms with Crippen LogP contribution in [0.25, 0.3) is 0 Å². The van der Waals surface area contributed by atoms with Crippen LogP contribution in [-0.2, 0) is 34.9 Å². The summed E-state index contributed by atoms with van der Waals surface area (Å²) in [5, 5.41) is 3.01. The molecule has 0 aliphatic rings. The molecule has 0 aromatic heterocycles. The molecule has 0 spiro atoms. The van der Waals surface area contributed by atoms with Gasteiger partial charge in [0, 0.05) is 6.54 Å². The van der Waals surface area contributed by atoms with Crippen LogP contribution in [0.3, 0.4) is 0 Å². The van der Waals surface area contributed by atoms with Gasteiger partial charge in [-0.1, -0.05) is 54.5 Å².